The topological polar surface area (TPSA) is 50.2 Å². The number of carboxylic acids is 1. The lowest BCUT2D eigenvalue weighted by molar-refractivity contribution is -0.136. The average molecular weight is 223 g/mol. The molecule has 0 aliphatic carbocycles. The third-order valence-electron chi connectivity index (χ3n) is 2.04. The third-order valence-corrected chi connectivity index (χ3v) is 2.04. The van der Waals surface area contributed by atoms with Gasteiger partial charge in [0.1, 0.15) is 0 Å². The van der Waals surface area contributed by atoms with Gasteiger partial charge < -0.3 is 5.11 Å². The molecular weight excluding hydrogens is 202 g/mol. The van der Waals surface area contributed by atoms with E-state index in [9.17, 15) is 4.79 Å². The molecule has 0 aliphatic rings. The van der Waals surface area contributed by atoms with Gasteiger partial charge in [0, 0.05) is 12.4 Å². The van der Waals surface area contributed by atoms with Crippen molar-refractivity contribution in [1.29, 1.82) is 0 Å². The van der Waals surface area contributed by atoms with Crippen molar-refractivity contribution >= 4 is 5.97 Å². The molecule has 3 heteroatoms. The molecule has 0 fully saturated rings. The molecule has 0 radical (unpaired) electrons. The number of aliphatic carboxylic acids is 1. The van der Waals surface area contributed by atoms with E-state index in [0.29, 0.717) is 0 Å². The number of hydrogen-bond acceptors (Lipinski definition) is 2. The quantitative estimate of drug-likeness (QED) is 0.779. The van der Waals surface area contributed by atoms with Crippen molar-refractivity contribution in [3.63, 3.8) is 0 Å². The van der Waals surface area contributed by atoms with Gasteiger partial charge in [-0.2, -0.15) is 0 Å². The van der Waals surface area contributed by atoms with Gasteiger partial charge in [-0.25, -0.2) is 0 Å². The van der Waals surface area contributed by atoms with Crippen molar-refractivity contribution in [1.82, 2.24) is 4.98 Å². The summed E-state index contributed by atoms with van der Waals surface area (Å²) in [6.07, 6.45) is 8.75. The van der Waals surface area contributed by atoms with Crippen LogP contribution in [0.3, 0.4) is 0 Å². The first-order valence-electron chi connectivity index (χ1n) is 5.81. The smallest absolute Gasteiger partial charge is 0.307 e. The highest BCUT2D eigenvalue weighted by Gasteiger charge is 1.97. The monoisotopic (exact) mass is 223 g/mol. The predicted octanol–water partition coefficient (Wildman–Crippen LogP) is 3.30. The summed E-state index contributed by atoms with van der Waals surface area (Å²) in [7, 11) is 0. The van der Waals surface area contributed by atoms with Crippen LogP contribution in [-0.2, 0) is 11.2 Å². The Bertz CT molecular complexity index is 269. The van der Waals surface area contributed by atoms with Crippen molar-refractivity contribution < 1.29 is 9.90 Å². The van der Waals surface area contributed by atoms with Crippen LogP contribution in [0.2, 0.25) is 0 Å². The van der Waals surface area contributed by atoms with Crippen LogP contribution in [0.5, 0.6) is 0 Å². The lowest BCUT2D eigenvalue weighted by atomic mass is 10.2. The second-order valence-electron chi connectivity index (χ2n) is 3.64. The Kier molecular flexibility index (Phi) is 9.27. The lowest BCUT2D eigenvalue weighted by Gasteiger charge is -1.91. The van der Waals surface area contributed by atoms with Crippen molar-refractivity contribution in [2.45, 2.75) is 46.0 Å². The molecule has 0 saturated carbocycles. The zero-order valence-corrected chi connectivity index (χ0v) is 10.1. The van der Waals surface area contributed by atoms with E-state index in [0.717, 1.165) is 5.56 Å². The number of carboxylic acid groups (broad SMARTS) is 1. The Morgan fingerprint density at radius 2 is 1.94 bits per heavy atom. The molecule has 3 nitrogen and oxygen atoms in total. The molecule has 0 unspecified atom stereocenters. The molecule has 1 N–H and O–H groups in total. The van der Waals surface area contributed by atoms with Gasteiger partial charge in [0.25, 0.3) is 0 Å². The molecule has 16 heavy (non-hydrogen) atoms. The Hall–Kier alpha value is -1.38. The first kappa shape index (κ1) is 14.6. The van der Waals surface area contributed by atoms with E-state index in [1.54, 1.807) is 24.5 Å². The van der Waals surface area contributed by atoms with Gasteiger partial charge in [0.2, 0.25) is 0 Å². The van der Waals surface area contributed by atoms with E-state index in [-0.39, 0.29) is 6.42 Å². The average Bonchev–Trinajstić information content (AvgIpc) is 2.28. The standard InChI is InChI=1S/C7H7NO2.C6H14/c9-7(10)4-6-2-1-3-8-5-6;1-3-5-6-4-2/h1-3,5H,4H2,(H,9,10);3-6H2,1-2H3. The van der Waals surface area contributed by atoms with E-state index < -0.39 is 5.97 Å². The predicted molar refractivity (Wildman–Crippen MR) is 65.4 cm³/mol. The Labute approximate surface area is 97.5 Å². The largest absolute Gasteiger partial charge is 0.481 e. The van der Waals surface area contributed by atoms with Gasteiger partial charge in [-0.15, -0.1) is 0 Å². The molecule has 1 rings (SSSR count). The summed E-state index contributed by atoms with van der Waals surface area (Å²) >= 11 is 0. The van der Waals surface area contributed by atoms with Crippen LogP contribution in [0, 0.1) is 0 Å². The first-order valence-corrected chi connectivity index (χ1v) is 5.81. The van der Waals surface area contributed by atoms with Crippen LogP contribution in [-0.4, -0.2) is 16.1 Å². The van der Waals surface area contributed by atoms with Crippen LogP contribution in [0.15, 0.2) is 24.5 Å². The molecule has 0 atom stereocenters. The second-order valence-corrected chi connectivity index (χ2v) is 3.64. The number of hydrogen-bond donors (Lipinski definition) is 1. The number of aromatic nitrogens is 1. The molecule has 1 heterocycles. The van der Waals surface area contributed by atoms with Crippen LogP contribution in [0.4, 0.5) is 0 Å². The number of unbranched alkanes of at least 4 members (excludes halogenated alkanes) is 3. The highest BCUT2D eigenvalue weighted by Crippen LogP contribution is 1.96. The molecule has 0 aliphatic heterocycles. The fraction of sp³-hybridized carbons (Fsp3) is 0.538. The molecule has 0 spiro atoms. The molecule has 1 aromatic heterocycles. The highest BCUT2D eigenvalue weighted by molar-refractivity contribution is 5.69. The summed E-state index contributed by atoms with van der Waals surface area (Å²) in [5.41, 5.74) is 0.731. The summed E-state index contributed by atoms with van der Waals surface area (Å²) in [6, 6.07) is 3.46. The minimum absolute atomic E-state index is 0.0494. The lowest BCUT2D eigenvalue weighted by Crippen LogP contribution is -1.99. The number of rotatable bonds is 5. The van der Waals surface area contributed by atoms with E-state index in [4.69, 9.17) is 5.11 Å². The van der Waals surface area contributed by atoms with Gasteiger partial charge in [0.05, 0.1) is 6.42 Å². The highest BCUT2D eigenvalue weighted by atomic mass is 16.4. The minimum Gasteiger partial charge on any atom is -0.481 e. The van der Waals surface area contributed by atoms with Crippen LogP contribution in [0.25, 0.3) is 0 Å². The fourth-order valence-electron chi connectivity index (χ4n) is 1.18. The van der Waals surface area contributed by atoms with Gasteiger partial charge >= 0.3 is 5.97 Å². The molecule has 0 aromatic carbocycles. The maximum atomic E-state index is 10.1. The van der Waals surface area contributed by atoms with Gasteiger partial charge in [-0.1, -0.05) is 45.6 Å². The summed E-state index contributed by atoms with van der Waals surface area (Å²) in [5, 5.41) is 8.34. The SMILES string of the molecule is CCCCCC.O=C(O)Cc1cccnc1. The number of carbonyl (C=O) groups is 1. The van der Waals surface area contributed by atoms with Gasteiger partial charge in [-0.3, -0.25) is 9.78 Å². The first-order chi connectivity index (χ1) is 7.70. The third kappa shape index (κ3) is 9.19. The molecule has 1 aromatic rings. The molecule has 0 bridgehead atoms. The Morgan fingerprint density at radius 1 is 1.31 bits per heavy atom. The molecule has 90 valence electrons. The Balaban J connectivity index is 0.000000325. The number of nitrogens with zero attached hydrogens (tertiary/aromatic N) is 1. The van der Waals surface area contributed by atoms with Crippen molar-refractivity contribution in [2.75, 3.05) is 0 Å². The zero-order valence-electron chi connectivity index (χ0n) is 10.1. The maximum absolute atomic E-state index is 10.1. The fourth-order valence-corrected chi connectivity index (χ4v) is 1.18. The van der Waals surface area contributed by atoms with Crippen LogP contribution in [0.1, 0.15) is 45.1 Å². The van der Waals surface area contributed by atoms with E-state index in [1.165, 1.54) is 25.7 Å². The normalized spacial score (nSPS) is 9.12. The summed E-state index contributed by atoms with van der Waals surface area (Å²) in [6.45, 7) is 4.46. The summed E-state index contributed by atoms with van der Waals surface area (Å²) in [4.78, 5) is 13.9. The summed E-state index contributed by atoms with van der Waals surface area (Å²) < 4.78 is 0. The zero-order chi connectivity index (χ0) is 12.2. The Morgan fingerprint density at radius 3 is 2.31 bits per heavy atom. The maximum Gasteiger partial charge on any atom is 0.307 e. The van der Waals surface area contributed by atoms with Crippen molar-refractivity contribution in [3.05, 3.63) is 30.1 Å². The van der Waals surface area contributed by atoms with Crippen molar-refractivity contribution in [2.24, 2.45) is 0 Å². The van der Waals surface area contributed by atoms with Gasteiger partial charge in [0.15, 0.2) is 0 Å². The van der Waals surface area contributed by atoms with E-state index >= 15 is 0 Å². The van der Waals surface area contributed by atoms with E-state index in [1.807, 2.05) is 0 Å². The molecule has 0 saturated heterocycles. The van der Waals surface area contributed by atoms with Crippen LogP contribution >= 0.6 is 0 Å². The minimum atomic E-state index is -0.826. The number of pyridine rings is 1. The molecular formula is C13H21NO2. The van der Waals surface area contributed by atoms with E-state index in [2.05, 4.69) is 18.8 Å². The second kappa shape index (κ2) is 10.1. The van der Waals surface area contributed by atoms with Gasteiger partial charge in [-0.05, 0) is 11.6 Å². The molecule has 0 amide bonds. The summed E-state index contributed by atoms with van der Waals surface area (Å²) in [5.74, 6) is -0.826. The van der Waals surface area contributed by atoms with Crippen LogP contribution < -0.4 is 0 Å². The van der Waals surface area contributed by atoms with Crippen molar-refractivity contribution in [3.8, 4) is 0 Å².